The van der Waals surface area contributed by atoms with E-state index in [0.717, 1.165) is 11.2 Å². The summed E-state index contributed by atoms with van der Waals surface area (Å²) in [6, 6.07) is 6.19. The first kappa shape index (κ1) is 13.8. The molecule has 4 rings (SSSR count). The van der Waals surface area contributed by atoms with Gasteiger partial charge in [-0.25, -0.2) is 0 Å². The van der Waals surface area contributed by atoms with Crippen LogP contribution < -0.4 is 0 Å². The van der Waals surface area contributed by atoms with Crippen LogP contribution in [-0.2, 0) is 22.7 Å². The zero-order chi connectivity index (χ0) is 14.4. The molecule has 0 aromatic heterocycles. The van der Waals surface area contributed by atoms with Crippen LogP contribution in [0, 0.1) is 5.92 Å². The van der Waals surface area contributed by atoms with Crippen LogP contribution >= 0.6 is 0 Å². The predicted molar refractivity (Wildman–Crippen MR) is 91.1 cm³/mol. The highest BCUT2D eigenvalue weighted by molar-refractivity contribution is 7.97. The zero-order valence-electron chi connectivity index (χ0n) is 12.7. The third kappa shape index (κ3) is 1.98. The van der Waals surface area contributed by atoms with Crippen molar-refractivity contribution in [1.82, 2.24) is 0 Å². The molecule has 1 heterocycles. The number of fused-ring (bicyclic) bond motifs is 1. The SMILES string of the molecule is C=CC[S+]1CCC23CCCC[C@H]2[C@H]1Cc1ccc(O)cc13. The van der Waals surface area contributed by atoms with E-state index in [9.17, 15) is 5.11 Å². The van der Waals surface area contributed by atoms with Crippen LogP contribution in [0.1, 0.15) is 43.2 Å². The summed E-state index contributed by atoms with van der Waals surface area (Å²) in [5.74, 6) is 3.91. The minimum Gasteiger partial charge on any atom is -0.508 e. The molecule has 1 aromatic carbocycles. The van der Waals surface area contributed by atoms with Crippen LogP contribution in [0.25, 0.3) is 0 Å². The molecule has 2 aliphatic carbocycles. The Labute approximate surface area is 130 Å². The third-order valence-corrected chi connectivity index (χ3v) is 8.91. The molecule has 4 atom stereocenters. The first-order chi connectivity index (χ1) is 10.2. The van der Waals surface area contributed by atoms with Crippen LogP contribution in [-0.4, -0.2) is 21.9 Å². The molecule has 2 unspecified atom stereocenters. The summed E-state index contributed by atoms with van der Waals surface area (Å²) in [5, 5.41) is 10.9. The van der Waals surface area contributed by atoms with Crippen LogP contribution in [0.2, 0.25) is 0 Å². The number of hydrogen-bond acceptors (Lipinski definition) is 1. The standard InChI is InChI=1S/C19H24OS/c1-2-10-21-11-9-19-8-4-3-5-16(19)18(21)12-14-6-7-15(20)13-17(14)19/h2,6-7,13,16,18H,1,3-5,8-12H2/p+1/t16-,18+,19?,21?/m0/s1. The highest BCUT2D eigenvalue weighted by atomic mass is 32.2. The highest BCUT2D eigenvalue weighted by Gasteiger charge is 2.58. The summed E-state index contributed by atoms with van der Waals surface area (Å²) >= 11 is 0. The monoisotopic (exact) mass is 301 g/mol. The van der Waals surface area contributed by atoms with E-state index in [1.807, 2.05) is 6.07 Å². The van der Waals surface area contributed by atoms with E-state index < -0.39 is 0 Å². The minimum absolute atomic E-state index is 0.389. The van der Waals surface area contributed by atoms with Crippen molar-refractivity contribution in [3.63, 3.8) is 0 Å². The Morgan fingerprint density at radius 3 is 3.10 bits per heavy atom. The number of aromatic hydroxyl groups is 1. The van der Waals surface area contributed by atoms with Crippen molar-refractivity contribution in [3.8, 4) is 5.75 Å². The van der Waals surface area contributed by atoms with Crippen molar-refractivity contribution >= 4 is 10.9 Å². The van der Waals surface area contributed by atoms with Crippen molar-refractivity contribution in [1.29, 1.82) is 0 Å². The fourth-order valence-electron chi connectivity index (χ4n) is 5.33. The molecule has 1 saturated carbocycles. The van der Waals surface area contributed by atoms with E-state index in [2.05, 4.69) is 24.8 Å². The van der Waals surface area contributed by atoms with Gasteiger partial charge in [0.05, 0.1) is 0 Å². The molecule has 1 aliphatic heterocycles. The van der Waals surface area contributed by atoms with Gasteiger partial charge in [-0.1, -0.05) is 25.5 Å². The quantitative estimate of drug-likeness (QED) is 0.648. The van der Waals surface area contributed by atoms with Crippen LogP contribution in [0.15, 0.2) is 30.9 Å². The second-order valence-corrected chi connectivity index (χ2v) is 9.46. The number of benzene rings is 1. The highest BCUT2D eigenvalue weighted by Crippen LogP contribution is 2.57. The lowest BCUT2D eigenvalue weighted by Crippen LogP contribution is -2.57. The van der Waals surface area contributed by atoms with E-state index >= 15 is 0 Å². The Morgan fingerprint density at radius 1 is 1.33 bits per heavy atom. The normalized spacial score (nSPS) is 37.4. The van der Waals surface area contributed by atoms with Crippen molar-refractivity contribution < 1.29 is 5.11 Å². The van der Waals surface area contributed by atoms with Gasteiger partial charge in [-0.15, -0.1) is 0 Å². The molecule has 2 fully saturated rings. The topological polar surface area (TPSA) is 20.2 Å². The first-order valence-electron chi connectivity index (χ1n) is 8.34. The Kier molecular flexibility index (Phi) is 3.33. The van der Waals surface area contributed by atoms with Gasteiger partial charge in [0, 0.05) is 24.2 Å². The lowest BCUT2D eigenvalue weighted by molar-refractivity contribution is 0.151. The third-order valence-electron chi connectivity index (χ3n) is 6.17. The first-order valence-corrected chi connectivity index (χ1v) is 9.97. The van der Waals surface area contributed by atoms with Crippen LogP contribution in [0.5, 0.6) is 5.75 Å². The number of rotatable bonds is 2. The number of phenols is 1. The van der Waals surface area contributed by atoms with Gasteiger partial charge in [-0.3, -0.25) is 0 Å². The molecule has 2 bridgehead atoms. The number of hydrogen-bond donors (Lipinski definition) is 1. The molecule has 1 aromatic rings. The Morgan fingerprint density at radius 2 is 2.24 bits per heavy atom. The van der Waals surface area contributed by atoms with Gasteiger partial charge in [-0.05, 0) is 53.1 Å². The van der Waals surface area contributed by atoms with Gasteiger partial charge in [0.2, 0.25) is 0 Å². The predicted octanol–water partition coefficient (Wildman–Crippen LogP) is 3.95. The zero-order valence-corrected chi connectivity index (χ0v) is 13.5. The second-order valence-electron chi connectivity index (χ2n) is 7.04. The van der Waals surface area contributed by atoms with E-state index in [4.69, 9.17) is 0 Å². The van der Waals surface area contributed by atoms with Gasteiger partial charge in [0.25, 0.3) is 0 Å². The maximum atomic E-state index is 10.00. The largest absolute Gasteiger partial charge is 0.508 e. The molecule has 1 saturated heterocycles. The summed E-state index contributed by atoms with van der Waals surface area (Å²) in [6.07, 6.45) is 10.2. The molecule has 1 nitrogen and oxygen atoms in total. The average molecular weight is 301 g/mol. The lowest BCUT2D eigenvalue weighted by Gasteiger charge is -2.54. The van der Waals surface area contributed by atoms with Gasteiger partial charge in [-0.2, -0.15) is 0 Å². The maximum absolute atomic E-state index is 10.00. The van der Waals surface area contributed by atoms with E-state index in [-0.39, 0.29) is 0 Å². The molecular weight excluding hydrogens is 276 g/mol. The molecule has 21 heavy (non-hydrogen) atoms. The van der Waals surface area contributed by atoms with Crippen LogP contribution in [0.3, 0.4) is 0 Å². The van der Waals surface area contributed by atoms with E-state index in [1.54, 1.807) is 0 Å². The summed E-state index contributed by atoms with van der Waals surface area (Å²) in [7, 11) is 0.531. The summed E-state index contributed by atoms with van der Waals surface area (Å²) < 4.78 is 0. The molecule has 1 N–H and O–H groups in total. The minimum atomic E-state index is 0.389. The lowest BCUT2D eigenvalue weighted by atomic mass is 9.55. The second kappa shape index (κ2) is 5.08. The molecule has 0 amide bonds. The Balaban J connectivity index is 1.83. The molecule has 112 valence electrons. The maximum Gasteiger partial charge on any atom is 0.126 e. The molecule has 0 spiro atoms. The van der Waals surface area contributed by atoms with Gasteiger partial charge in [0.1, 0.15) is 22.5 Å². The Hall–Kier alpha value is -0.890. The molecular formula is C19H25OS+. The smallest absolute Gasteiger partial charge is 0.126 e. The fraction of sp³-hybridized carbons (Fsp3) is 0.579. The summed E-state index contributed by atoms with van der Waals surface area (Å²) in [4.78, 5) is 0. The van der Waals surface area contributed by atoms with E-state index in [1.165, 1.54) is 61.2 Å². The van der Waals surface area contributed by atoms with Crippen molar-refractivity contribution in [2.45, 2.75) is 49.2 Å². The van der Waals surface area contributed by atoms with Crippen LogP contribution in [0.4, 0.5) is 0 Å². The average Bonchev–Trinajstić information content (AvgIpc) is 2.51. The van der Waals surface area contributed by atoms with E-state index in [0.29, 0.717) is 22.1 Å². The molecule has 0 radical (unpaired) electrons. The Bertz CT molecular complexity index is 567. The van der Waals surface area contributed by atoms with Crippen molar-refractivity contribution in [3.05, 3.63) is 42.0 Å². The summed E-state index contributed by atoms with van der Waals surface area (Å²) in [5.41, 5.74) is 3.42. The van der Waals surface area contributed by atoms with Crippen molar-refractivity contribution in [2.24, 2.45) is 5.92 Å². The van der Waals surface area contributed by atoms with Crippen molar-refractivity contribution in [2.75, 3.05) is 11.5 Å². The number of phenolic OH excluding ortho intramolecular Hbond substituents is 1. The fourth-order valence-corrected chi connectivity index (χ4v) is 8.25. The van der Waals surface area contributed by atoms with Gasteiger partial charge >= 0.3 is 0 Å². The van der Waals surface area contributed by atoms with Gasteiger partial charge < -0.3 is 5.11 Å². The molecule has 3 aliphatic rings. The molecule has 2 heteroatoms. The summed E-state index contributed by atoms with van der Waals surface area (Å²) in [6.45, 7) is 3.99. The van der Waals surface area contributed by atoms with Gasteiger partial charge in [0.15, 0.2) is 0 Å².